The molecule has 0 heterocycles. The molecule has 0 fully saturated rings. The fourth-order valence-electron chi connectivity index (χ4n) is 0. The molecule has 4 heavy (non-hydrogen) atoms. The minimum absolute atomic E-state index is 0. The van der Waals surface area contributed by atoms with E-state index in [2.05, 4.69) is 0 Å². The van der Waals surface area contributed by atoms with Crippen LogP contribution in [0.25, 0.3) is 0 Å². The van der Waals surface area contributed by atoms with Gasteiger partial charge in [-0.25, -0.2) is 0 Å². The molecule has 2 nitrogen and oxygen atoms in total. The van der Waals surface area contributed by atoms with E-state index in [-0.39, 0.29) is 42.2 Å². The predicted molar refractivity (Wildman–Crippen MR) is 19.0 cm³/mol. The van der Waals surface area contributed by atoms with Gasteiger partial charge in [0.15, 0.2) is 0 Å². The summed E-state index contributed by atoms with van der Waals surface area (Å²) < 4.78 is 0. The fraction of sp³-hybridized carbons (Fsp3) is 0. The van der Waals surface area contributed by atoms with Gasteiger partial charge in [0.25, 0.3) is 0 Å². The smallest absolute Gasteiger partial charge is 0 e. The maximum atomic E-state index is 0. The average molecular weight is 125 g/mol. The molecular weight excluding hydrogens is 118 g/mol. The van der Waals surface area contributed by atoms with Gasteiger partial charge in [0.05, 0.1) is 0 Å². The summed E-state index contributed by atoms with van der Waals surface area (Å²) in [6.45, 7) is 0. The third-order valence-corrected chi connectivity index (χ3v) is 0. The van der Waals surface area contributed by atoms with E-state index in [4.69, 9.17) is 0 Å². The van der Waals surface area contributed by atoms with Crippen LogP contribution in [0.4, 0.5) is 0 Å². The van der Waals surface area contributed by atoms with Crippen molar-refractivity contribution in [2.45, 2.75) is 0 Å². The van der Waals surface area contributed by atoms with Gasteiger partial charge in [-0.05, 0) is 0 Å². The Morgan fingerprint density at radius 3 is 1.00 bits per heavy atom. The topological polar surface area (TPSA) is 66.5 Å². The molecule has 0 aromatic heterocycles. The van der Waals surface area contributed by atoms with Crippen molar-refractivity contribution in [1.29, 1.82) is 0 Å². The van der Waals surface area contributed by atoms with Crippen molar-refractivity contribution in [2.24, 2.45) is 0 Å². The van der Waals surface area contributed by atoms with Crippen LogP contribution >= 0.6 is 13.5 Å². The second-order valence-corrected chi connectivity index (χ2v) is 0. The van der Waals surface area contributed by atoms with Crippen LogP contribution in [-0.4, -0.2) is 5.48 Å². The summed E-state index contributed by atoms with van der Waals surface area (Å²) in [6.07, 6.45) is 0. The Morgan fingerprint density at radius 2 is 1.00 bits per heavy atom. The monoisotopic (exact) mass is 125 g/mol. The molecule has 0 aromatic rings. The van der Waals surface area contributed by atoms with Crippen LogP contribution < -0.4 is 6.15 Å². The molecule has 0 rings (SSSR count). The number of rotatable bonds is 0. The van der Waals surface area contributed by atoms with E-state index in [0.29, 0.717) is 0 Å². The molecule has 5 N–H and O–H groups in total. The Morgan fingerprint density at radius 1 is 1.00 bits per heavy atom. The van der Waals surface area contributed by atoms with Gasteiger partial charge < -0.3 is 11.6 Å². The van der Waals surface area contributed by atoms with Crippen molar-refractivity contribution in [1.82, 2.24) is 6.15 Å². The van der Waals surface area contributed by atoms with Gasteiger partial charge in [-0.3, -0.25) is 0 Å². The molecule has 0 bridgehead atoms. The Bertz CT molecular complexity index is 8.00. The van der Waals surface area contributed by atoms with Crippen molar-refractivity contribution in [3.8, 4) is 0 Å². The summed E-state index contributed by atoms with van der Waals surface area (Å²) >= 11 is 0. The van der Waals surface area contributed by atoms with Crippen molar-refractivity contribution >= 4 is 13.5 Å². The Labute approximate surface area is 42.8 Å². The van der Waals surface area contributed by atoms with E-state index >= 15 is 0 Å². The van der Waals surface area contributed by atoms with Crippen LogP contribution in [0.1, 0.15) is 0 Å². The van der Waals surface area contributed by atoms with Crippen molar-refractivity contribution in [3.05, 3.63) is 0 Å². The third kappa shape index (κ3) is 14.3. The molecule has 0 radical (unpaired) electrons. The average Bonchev–Trinajstić information content (AvgIpc) is 0. The molecule has 0 saturated carbocycles. The second kappa shape index (κ2) is 47.3. The molecule has 0 amide bonds. The van der Waals surface area contributed by atoms with Crippen LogP contribution in [0, 0.1) is 0 Å². The molecule has 4 heteroatoms. The minimum atomic E-state index is 0. The van der Waals surface area contributed by atoms with Gasteiger partial charge in [-0.1, -0.05) is 0 Å². The number of hydrogen-bond acceptors (Lipinski definition) is 1. The van der Waals surface area contributed by atoms with Crippen molar-refractivity contribution < 1.29 is 22.5 Å². The first-order chi connectivity index (χ1) is 0. The van der Waals surface area contributed by atoms with E-state index in [1.54, 1.807) is 0 Å². The zero-order chi connectivity index (χ0) is 0. The van der Waals surface area contributed by atoms with Crippen LogP contribution in [0.2, 0.25) is 0 Å². The van der Waals surface area contributed by atoms with E-state index in [0.717, 1.165) is 0 Å². The molecule has 0 atom stereocenters. The first kappa shape index (κ1) is 110. The molecular formula is H7FeNOS. The Kier molecular flexibility index (Phi) is 1310. The maximum absolute atomic E-state index is 0. The Hall–Kier alpha value is 0.789. The molecule has 32 valence electrons. The summed E-state index contributed by atoms with van der Waals surface area (Å²) in [5.74, 6) is 0. The summed E-state index contributed by atoms with van der Waals surface area (Å²) in [5.41, 5.74) is 0. The minimum Gasteiger partial charge on any atom is -0.412 e. The van der Waals surface area contributed by atoms with Crippen LogP contribution in [0.15, 0.2) is 0 Å². The van der Waals surface area contributed by atoms with Crippen LogP contribution in [0.3, 0.4) is 0 Å². The van der Waals surface area contributed by atoms with Crippen LogP contribution in [-0.2, 0) is 17.1 Å². The normalized spacial score (nSPS) is 0. The van der Waals surface area contributed by atoms with Crippen molar-refractivity contribution in [3.63, 3.8) is 0 Å². The molecule has 0 aliphatic rings. The van der Waals surface area contributed by atoms with E-state index in [1.807, 2.05) is 0 Å². The van der Waals surface area contributed by atoms with E-state index in [9.17, 15) is 0 Å². The second-order valence-electron chi connectivity index (χ2n) is 0. The zero-order valence-corrected chi connectivity index (χ0v) is 4.16. The first-order valence-corrected chi connectivity index (χ1v) is 0. The van der Waals surface area contributed by atoms with Crippen LogP contribution in [0.5, 0.6) is 0 Å². The largest absolute Gasteiger partial charge is 0.412 e. The van der Waals surface area contributed by atoms with Gasteiger partial charge in [-0.15, -0.1) is 0 Å². The quantitative estimate of drug-likeness (QED) is 0.433. The molecule has 0 saturated heterocycles. The fourth-order valence-corrected chi connectivity index (χ4v) is 0. The summed E-state index contributed by atoms with van der Waals surface area (Å²) in [6, 6.07) is 0. The van der Waals surface area contributed by atoms with Gasteiger partial charge in [0.2, 0.25) is 0 Å². The van der Waals surface area contributed by atoms with Gasteiger partial charge in [0.1, 0.15) is 0 Å². The SMILES string of the molecule is N.O.S.[Fe]. The standard InChI is InChI=1S/Fe.H3N.H2O.H2S/h;1H3;2*1H2. The first-order valence-electron chi connectivity index (χ1n) is 0. The van der Waals surface area contributed by atoms with Gasteiger partial charge in [0, 0.05) is 17.1 Å². The van der Waals surface area contributed by atoms with Gasteiger partial charge >= 0.3 is 0 Å². The molecule has 0 aromatic carbocycles. The third-order valence-electron chi connectivity index (χ3n) is 0. The number of hydrogen-bond donors (Lipinski definition) is 1. The molecule has 0 unspecified atom stereocenters. The maximum Gasteiger partial charge on any atom is 0 e. The zero-order valence-electron chi connectivity index (χ0n) is 2.06. The Balaban J connectivity index is 0. The molecule has 0 aliphatic carbocycles. The molecule has 0 aliphatic heterocycles. The van der Waals surface area contributed by atoms with E-state index < -0.39 is 0 Å². The summed E-state index contributed by atoms with van der Waals surface area (Å²) in [4.78, 5) is 0. The van der Waals surface area contributed by atoms with Gasteiger partial charge in [-0.2, -0.15) is 13.5 Å². The molecule has 0 spiro atoms. The van der Waals surface area contributed by atoms with Crippen molar-refractivity contribution in [2.75, 3.05) is 0 Å². The predicted octanol–water partition coefficient (Wildman–Crippen LogP) is -0.552. The summed E-state index contributed by atoms with van der Waals surface area (Å²) in [7, 11) is 0. The van der Waals surface area contributed by atoms with E-state index in [1.165, 1.54) is 0 Å². The summed E-state index contributed by atoms with van der Waals surface area (Å²) in [5, 5.41) is 0.